The summed E-state index contributed by atoms with van der Waals surface area (Å²) in [6.07, 6.45) is -4.54. The molecule has 0 aliphatic rings. The number of hydrogen-bond acceptors (Lipinski definition) is 3. The molecule has 1 heterocycles. The van der Waals surface area contributed by atoms with Gasteiger partial charge in [0.25, 0.3) is 5.78 Å². The molecule has 0 bridgehead atoms. The van der Waals surface area contributed by atoms with Gasteiger partial charge in [0.2, 0.25) is 0 Å². The van der Waals surface area contributed by atoms with Gasteiger partial charge in [0.05, 0.1) is 17.9 Å². The van der Waals surface area contributed by atoms with Gasteiger partial charge < -0.3 is 9.72 Å². The van der Waals surface area contributed by atoms with Crippen molar-refractivity contribution in [2.45, 2.75) is 20.0 Å². The fraction of sp³-hybridized carbons (Fsp3) is 0.286. The van der Waals surface area contributed by atoms with E-state index in [2.05, 4.69) is 9.72 Å². The van der Waals surface area contributed by atoms with Crippen LogP contribution in [0.5, 0.6) is 0 Å². The summed E-state index contributed by atoms with van der Waals surface area (Å²) >= 11 is 0. The SMILES string of the molecule is CCOC(=O)C(=O)c1[nH]c2cccc(C(F)(F)F)c2c1C. The van der Waals surface area contributed by atoms with Gasteiger partial charge in [-0.3, -0.25) is 4.79 Å². The minimum atomic E-state index is -4.54. The number of carbonyl (C=O) groups is 2. The first-order chi connectivity index (χ1) is 9.77. The Balaban J connectivity index is 2.62. The van der Waals surface area contributed by atoms with Crippen molar-refractivity contribution in [3.8, 4) is 0 Å². The molecule has 7 heteroatoms. The number of alkyl halides is 3. The molecule has 0 aliphatic heterocycles. The van der Waals surface area contributed by atoms with Crippen LogP contribution in [0.25, 0.3) is 10.9 Å². The fourth-order valence-corrected chi connectivity index (χ4v) is 2.18. The maximum atomic E-state index is 13.0. The van der Waals surface area contributed by atoms with Crippen molar-refractivity contribution in [2.24, 2.45) is 0 Å². The van der Waals surface area contributed by atoms with Crippen LogP contribution in [0.3, 0.4) is 0 Å². The van der Waals surface area contributed by atoms with E-state index in [0.29, 0.717) is 0 Å². The molecule has 0 saturated heterocycles. The van der Waals surface area contributed by atoms with Gasteiger partial charge in [-0.25, -0.2) is 4.79 Å². The summed E-state index contributed by atoms with van der Waals surface area (Å²) in [6.45, 7) is 2.91. The third-order valence-electron chi connectivity index (χ3n) is 3.07. The number of ketones is 1. The predicted octanol–water partition coefficient (Wildman–Crippen LogP) is 3.24. The van der Waals surface area contributed by atoms with Gasteiger partial charge in [0, 0.05) is 10.9 Å². The van der Waals surface area contributed by atoms with Gasteiger partial charge in [-0.1, -0.05) is 6.07 Å². The number of carbonyl (C=O) groups excluding carboxylic acids is 2. The molecule has 2 rings (SSSR count). The molecule has 0 unspecified atom stereocenters. The molecule has 0 amide bonds. The van der Waals surface area contributed by atoms with Crippen molar-refractivity contribution in [1.29, 1.82) is 0 Å². The number of aryl methyl sites for hydroxylation is 1. The molecule has 0 spiro atoms. The molecule has 21 heavy (non-hydrogen) atoms. The number of hydrogen-bond donors (Lipinski definition) is 1. The number of ether oxygens (including phenoxy) is 1. The van der Waals surface area contributed by atoms with Crippen molar-refractivity contribution in [3.63, 3.8) is 0 Å². The molecule has 0 aliphatic carbocycles. The number of Topliss-reactive ketones (excluding diaryl/α,β-unsaturated/α-hetero) is 1. The highest BCUT2D eigenvalue weighted by Gasteiger charge is 2.34. The Morgan fingerprint density at radius 3 is 2.52 bits per heavy atom. The molecule has 1 N–H and O–H groups in total. The van der Waals surface area contributed by atoms with Crippen LogP contribution < -0.4 is 0 Å². The first kappa shape index (κ1) is 15.1. The van der Waals surface area contributed by atoms with Crippen molar-refractivity contribution in [3.05, 3.63) is 35.0 Å². The standard InChI is InChI=1S/C14H12F3NO3/c1-3-21-13(20)12(19)11-7(2)10-8(14(15,16)17)5-4-6-9(10)18-11/h4-6,18H,3H2,1-2H3. The predicted molar refractivity (Wildman–Crippen MR) is 69.0 cm³/mol. The Bertz CT molecular complexity index is 716. The van der Waals surface area contributed by atoms with E-state index in [1.165, 1.54) is 26.0 Å². The molecular weight excluding hydrogens is 287 g/mol. The molecule has 0 saturated carbocycles. The Hall–Kier alpha value is -2.31. The second kappa shape index (κ2) is 5.23. The number of fused-ring (bicyclic) bond motifs is 1. The summed E-state index contributed by atoms with van der Waals surface area (Å²) in [6, 6.07) is 3.58. The Kier molecular flexibility index (Phi) is 3.76. The minimum Gasteiger partial charge on any atom is -0.460 e. The molecule has 4 nitrogen and oxygen atoms in total. The Morgan fingerprint density at radius 2 is 1.95 bits per heavy atom. The van der Waals surface area contributed by atoms with E-state index in [1.807, 2.05) is 0 Å². The molecule has 1 aromatic heterocycles. The maximum absolute atomic E-state index is 13.0. The number of halogens is 3. The lowest BCUT2D eigenvalue weighted by atomic mass is 10.0. The van der Waals surface area contributed by atoms with Gasteiger partial charge in [-0.05, 0) is 31.5 Å². The smallest absolute Gasteiger partial charge is 0.417 e. The first-order valence-corrected chi connectivity index (χ1v) is 6.17. The Labute approximate surface area is 117 Å². The highest BCUT2D eigenvalue weighted by Crippen LogP contribution is 2.37. The number of aromatic amines is 1. The van der Waals surface area contributed by atoms with E-state index in [9.17, 15) is 22.8 Å². The van der Waals surface area contributed by atoms with E-state index in [4.69, 9.17) is 0 Å². The second-order valence-corrected chi connectivity index (χ2v) is 4.40. The zero-order chi connectivity index (χ0) is 15.8. The van der Waals surface area contributed by atoms with Gasteiger partial charge in [-0.2, -0.15) is 13.2 Å². The number of benzene rings is 1. The summed E-state index contributed by atoms with van der Waals surface area (Å²) in [4.78, 5) is 25.9. The topological polar surface area (TPSA) is 59.2 Å². The lowest BCUT2D eigenvalue weighted by molar-refractivity contribution is -0.137. The van der Waals surface area contributed by atoms with Gasteiger partial charge >= 0.3 is 12.1 Å². The van der Waals surface area contributed by atoms with E-state index in [1.54, 1.807) is 0 Å². The zero-order valence-electron chi connectivity index (χ0n) is 11.3. The monoisotopic (exact) mass is 299 g/mol. The molecule has 0 fully saturated rings. The van der Waals surface area contributed by atoms with Crippen LogP contribution >= 0.6 is 0 Å². The van der Waals surface area contributed by atoms with Crippen LogP contribution in [0.4, 0.5) is 13.2 Å². The summed E-state index contributed by atoms with van der Waals surface area (Å²) in [7, 11) is 0. The molecule has 2 aromatic rings. The quantitative estimate of drug-likeness (QED) is 0.538. The normalized spacial score (nSPS) is 11.7. The number of aromatic nitrogens is 1. The lowest BCUT2D eigenvalue weighted by Gasteiger charge is -2.08. The molecule has 0 atom stereocenters. The van der Waals surface area contributed by atoms with Crippen molar-refractivity contribution >= 4 is 22.7 Å². The van der Waals surface area contributed by atoms with Crippen LogP contribution in [-0.2, 0) is 15.7 Å². The molecular formula is C14H12F3NO3. The van der Waals surface area contributed by atoms with Crippen molar-refractivity contribution in [1.82, 2.24) is 4.98 Å². The van der Waals surface area contributed by atoms with Crippen LogP contribution in [-0.4, -0.2) is 23.3 Å². The second-order valence-electron chi connectivity index (χ2n) is 4.40. The number of rotatable bonds is 3. The van der Waals surface area contributed by atoms with E-state index in [-0.39, 0.29) is 28.8 Å². The maximum Gasteiger partial charge on any atom is 0.417 e. The van der Waals surface area contributed by atoms with Crippen LogP contribution in [0.2, 0.25) is 0 Å². The number of H-pyrrole nitrogens is 1. The zero-order valence-corrected chi connectivity index (χ0v) is 11.3. The first-order valence-electron chi connectivity index (χ1n) is 6.17. The lowest BCUT2D eigenvalue weighted by Crippen LogP contribution is -2.18. The van der Waals surface area contributed by atoms with Crippen LogP contribution in [0.15, 0.2) is 18.2 Å². The fourth-order valence-electron chi connectivity index (χ4n) is 2.18. The van der Waals surface area contributed by atoms with E-state index in [0.717, 1.165) is 6.07 Å². The number of nitrogens with one attached hydrogen (secondary N) is 1. The third-order valence-corrected chi connectivity index (χ3v) is 3.07. The molecule has 0 radical (unpaired) electrons. The molecule has 1 aromatic carbocycles. The highest BCUT2D eigenvalue weighted by atomic mass is 19.4. The van der Waals surface area contributed by atoms with Gasteiger partial charge in [-0.15, -0.1) is 0 Å². The van der Waals surface area contributed by atoms with E-state index < -0.39 is 23.5 Å². The summed E-state index contributed by atoms with van der Waals surface area (Å²) in [5, 5.41) is -0.113. The molecule has 112 valence electrons. The average Bonchev–Trinajstić information content (AvgIpc) is 2.74. The van der Waals surface area contributed by atoms with E-state index >= 15 is 0 Å². The van der Waals surface area contributed by atoms with Crippen molar-refractivity contribution < 1.29 is 27.5 Å². The van der Waals surface area contributed by atoms with Crippen LogP contribution in [0, 0.1) is 6.92 Å². The average molecular weight is 299 g/mol. The summed E-state index contributed by atoms with van der Waals surface area (Å²) < 4.78 is 43.6. The Morgan fingerprint density at radius 1 is 1.29 bits per heavy atom. The third kappa shape index (κ3) is 2.63. The van der Waals surface area contributed by atoms with Crippen molar-refractivity contribution in [2.75, 3.05) is 6.61 Å². The summed E-state index contributed by atoms with van der Waals surface area (Å²) in [5.74, 6) is -2.08. The van der Waals surface area contributed by atoms with Crippen LogP contribution in [0.1, 0.15) is 28.5 Å². The largest absolute Gasteiger partial charge is 0.460 e. The highest BCUT2D eigenvalue weighted by molar-refractivity contribution is 6.41. The number of esters is 1. The summed E-state index contributed by atoms with van der Waals surface area (Å²) in [5.41, 5.74) is -0.803. The van der Waals surface area contributed by atoms with Gasteiger partial charge in [0.1, 0.15) is 0 Å². The minimum absolute atomic E-state index is 0.0116. The van der Waals surface area contributed by atoms with Gasteiger partial charge in [0.15, 0.2) is 0 Å².